The third kappa shape index (κ3) is 9.28. The van der Waals surface area contributed by atoms with Crippen molar-refractivity contribution in [1.82, 2.24) is 0 Å². The lowest BCUT2D eigenvalue weighted by molar-refractivity contribution is -0.201. The van der Waals surface area contributed by atoms with Crippen LogP contribution in [0.4, 0.5) is 8.78 Å². The Balaban J connectivity index is 2.18. The Bertz CT molecular complexity index is 1370. The largest absolute Gasteiger partial charge is 0.461 e. The quantitative estimate of drug-likeness (QED) is 0.125. The number of hydrogen-bond donors (Lipinski definition) is 1. The summed E-state index contributed by atoms with van der Waals surface area (Å²) in [6.07, 6.45) is -3.52. The van der Waals surface area contributed by atoms with Gasteiger partial charge in [-0.1, -0.05) is 133 Å². The fourth-order valence-electron chi connectivity index (χ4n) is 5.67. The number of aliphatic hydroxyl groups is 1. The van der Waals surface area contributed by atoms with Crippen LogP contribution in [0.2, 0.25) is 23.2 Å². The summed E-state index contributed by atoms with van der Waals surface area (Å²) < 4.78 is 56.6. The minimum Gasteiger partial charge on any atom is -0.461 e. The molecule has 3 atom stereocenters. The Hall–Kier alpha value is -2.74. The maximum absolute atomic E-state index is 15.9. The molecule has 0 fully saturated rings. The van der Waals surface area contributed by atoms with Crippen molar-refractivity contribution in [3.8, 4) is 0 Å². The number of alkyl halides is 2. The average Bonchev–Trinajstić information content (AvgIpc) is 3.03. The van der Waals surface area contributed by atoms with Crippen molar-refractivity contribution in [3.63, 3.8) is 0 Å². The normalized spacial score (nSPS) is 15.1. The number of benzene rings is 3. The number of rotatable bonds is 16. The third-order valence-corrected chi connectivity index (χ3v) is 18.9. The van der Waals surface area contributed by atoms with Gasteiger partial charge in [0.1, 0.15) is 6.10 Å². The molecule has 0 spiro atoms. The second-order valence-corrected chi connectivity index (χ2v) is 23.9. The van der Waals surface area contributed by atoms with Gasteiger partial charge in [-0.3, -0.25) is 0 Å². The predicted molar refractivity (Wildman–Crippen MR) is 193 cm³/mol. The van der Waals surface area contributed by atoms with Crippen molar-refractivity contribution in [3.05, 3.63) is 96.6 Å². The highest BCUT2D eigenvalue weighted by atomic mass is 28.4. The number of aliphatic hydroxyl groups excluding tert-OH is 1. The minimum absolute atomic E-state index is 0.105. The molecule has 3 aromatic rings. The second-order valence-electron chi connectivity index (χ2n) is 14.8. The molecular weight excluding hydrogens is 647 g/mol. The number of esters is 1. The molecule has 6 nitrogen and oxygen atoms in total. The summed E-state index contributed by atoms with van der Waals surface area (Å²) >= 11 is 0. The van der Waals surface area contributed by atoms with E-state index in [9.17, 15) is 9.90 Å². The topological polar surface area (TPSA) is 74.2 Å². The van der Waals surface area contributed by atoms with E-state index in [4.69, 9.17) is 18.3 Å². The highest BCUT2D eigenvalue weighted by Crippen LogP contribution is 2.41. The van der Waals surface area contributed by atoms with Gasteiger partial charge in [-0.25, -0.2) is 4.79 Å². The molecule has 0 aliphatic heterocycles. The van der Waals surface area contributed by atoms with Crippen LogP contribution in [0.3, 0.4) is 0 Å². The lowest BCUT2D eigenvalue weighted by atomic mass is 9.92. The van der Waals surface area contributed by atoms with Gasteiger partial charge < -0.3 is 23.4 Å². The molecule has 0 amide bonds. The number of ether oxygens (including phenoxy) is 2. The fraction of sp³-hybridized carbons (Fsp3) is 0.500. The monoisotopic (exact) mass is 700 g/mol. The lowest BCUT2D eigenvalue weighted by Gasteiger charge is -2.46. The molecule has 48 heavy (non-hydrogen) atoms. The van der Waals surface area contributed by atoms with Gasteiger partial charge in [0.25, 0.3) is 8.32 Å². The van der Waals surface area contributed by atoms with Crippen LogP contribution in [0, 0.1) is 5.92 Å². The van der Waals surface area contributed by atoms with E-state index in [1.165, 1.54) is 6.92 Å². The van der Waals surface area contributed by atoms with Gasteiger partial charge in [0.05, 0.1) is 25.9 Å². The van der Waals surface area contributed by atoms with Gasteiger partial charge in [0.15, 0.2) is 8.32 Å². The van der Waals surface area contributed by atoms with Crippen LogP contribution >= 0.6 is 0 Å². The summed E-state index contributed by atoms with van der Waals surface area (Å²) in [7, 11) is -5.88. The summed E-state index contributed by atoms with van der Waals surface area (Å²) in [6, 6.07) is 29.2. The van der Waals surface area contributed by atoms with Crippen molar-refractivity contribution < 1.29 is 37.0 Å². The van der Waals surface area contributed by atoms with E-state index in [0.29, 0.717) is 0 Å². The molecule has 10 heteroatoms. The molecule has 0 saturated heterocycles. The highest BCUT2D eigenvalue weighted by Gasteiger charge is 2.56. The van der Waals surface area contributed by atoms with Crippen LogP contribution in [0.25, 0.3) is 0 Å². The Morgan fingerprint density at radius 2 is 1.25 bits per heavy atom. The van der Waals surface area contributed by atoms with E-state index in [2.05, 4.69) is 41.5 Å². The Morgan fingerprint density at radius 3 is 1.69 bits per heavy atom. The van der Waals surface area contributed by atoms with Crippen molar-refractivity contribution in [2.75, 3.05) is 19.8 Å². The van der Waals surface area contributed by atoms with Crippen LogP contribution in [0.15, 0.2) is 91.0 Å². The SMILES string of the molecule is CCOC(=O)C(F)(F)[C@H](O)[C@H](CO[Si](c1ccccc1)(c1ccccc1)C(C)(C)C)[C@@H](COCc1ccccc1)O[Si](C)(C)C(C)(C)C. The molecule has 0 aliphatic rings. The first-order valence-corrected chi connectivity index (χ1v) is 21.5. The third-order valence-electron chi connectivity index (χ3n) is 9.36. The predicted octanol–water partition coefficient (Wildman–Crippen LogP) is 7.35. The molecule has 0 aliphatic carbocycles. The van der Waals surface area contributed by atoms with Crippen LogP contribution in [-0.4, -0.2) is 65.7 Å². The summed E-state index contributed by atoms with van der Waals surface area (Å²) in [5, 5.41) is 12.8. The molecule has 264 valence electrons. The molecule has 0 heterocycles. The van der Waals surface area contributed by atoms with Crippen molar-refractivity contribution in [1.29, 1.82) is 0 Å². The summed E-state index contributed by atoms with van der Waals surface area (Å²) in [5.41, 5.74) is 0.904. The standard InChI is InChI=1S/C38H54F2O6Si2/c1-10-44-35(42)38(39,40)34(41)32(33(46-47(8,9)36(2,3)4)28-43-26-29-20-14-11-15-21-29)27-45-48(37(5,6)7,30-22-16-12-17-23-30)31-24-18-13-19-25-31/h11-25,32-34,41H,10,26-28H2,1-9H3/t32-,33-,34-/m1/s1. The molecule has 3 aromatic carbocycles. The molecule has 1 N–H and O–H groups in total. The molecule has 0 aromatic heterocycles. The molecule has 0 radical (unpaired) electrons. The molecular formula is C38H54F2O6Si2. The first-order chi connectivity index (χ1) is 22.4. The first kappa shape index (κ1) is 39.7. The average molecular weight is 701 g/mol. The highest BCUT2D eigenvalue weighted by molar-refractivity contribution is 6.99. The smallest absolute Gasteiger partial charge is 0.379 e. The number of carbonyl (C=O) groups is 1. The Labute approximate surface area is 288 Å². The number of halogens is 2. The van der Waals surface area contributed by atoms with Gasteiger partial charge in [-0.05, 0) is 46.0 Å². The first-order valence-electron chi connectivity index (χ1n) is 16.7. The molecule has 0 bridgehead atoms. The van der Waals surface area contributed by atoms with Gasteiger partial charge >= 0.3 is 11.9 Å². The summed E-state index contributed by atoms with van der Waals surface area (Å²) in [4.78, 5) is 12.7. The summed E-state index contributed by atoms with van der Waals surface area (Å²) in [5.74, 6) is -7.38. The number of hydrogen-bond acceptors (Lipinski definition) is 6. The molecule has 0 unspecified atom stereocenters. The maximum atomic E-state index is 15.9. The lowest BCUT2D eigenvalue weighted by Crippen LogP contribution is -2.67. The van der Waals surface area contributed by atoms with Gasteiger partial charge in [0, 0.05) is 12.5 Å². The van der Waals surface area contributed by atoms with E-state index in [1.54, 1.807) is 0 Å². The Kier molecular flexibility index (Phi) is 13.5. The van der Waals surface area contributed by atoms with E-state index in [0.717, 1.165) is 15.9 Å². The van der Waals surface area contributed by atoms with Crippen LogP contribution in [0.1, 0.15) is 54.0 Å². The Morgan fingerprint density at radius 1 is 0.771 bits per heavy atom. The number of carbonyl (C=O) groups excluding carboxylic acids is 1. The van der Waals surface area contributed by atoms with E-state index >= 15 is 8.78 Å². The fourth-order valence-corrected chi connectivity index (χ4v) is 11.6. The molecule has 0 saturated carbocycles. The van der Waals surface area contributed by atoms with Gasteiger partial charge in [0.2, 0.25) is 0 Å². The van der Waals surface area contributed by atoms with E-state index < -0.39 is 51.7 Å². The zero-order chi connectivity index (χ0) is 35.8. The van der Waals surface area contributed by atoms with Gasteiger partial charge in [-0.2, -0.15) is 8.78 Å². The van der Waals surface area contributed by atoms with Crippen LogP contribution < -0.4 is 10.4 Å². The van der Waals surface area contributed by atoms with Crippen molar-refractivity contribution in [2.45, 2.75) is 96.4 Å². The second kappa shape index (κ2) is 16.3. The molecule has 3 rings (SSSR count). The van der Waals surface area contributed by atoms with E-state index in [-0.39, 0.29) is 31.5 Å². The minimum atomic E-state index is -4.23. The zero-order valence-corrected chi connectivity index (χ0v) is 32.0. The van der Waals surface area contributed by atoms with Gasteiger partial charge in [-0.15, -0.1) is 0 Å². The van der Waals surface area contributed by atoms with E-state index in [1.807, 2.05) is 104 Å². The van der Waals surface area contributed by atoms with Crippen LogP contribution in [-0.2, 0) is 29.7 Å². The summed E-state index contributed by atoms with van der Waals surface area (Å²) in [6.45, 7) is 17.4. The zero-order valence-electron chi connectivity index (χ0n) is 30.0. The van der Waals surface area contributed by atoms with Crippen LogP contribution in [0.5, 0.6) is 0 Å². The van der Waals surface area contributed by atoms with Crippen molar-refractivity contribution >= 4 is 33.0 Å². The maximum Gasteiger partial charge on any atom is 0.379 e. The van der Waals surface area contributed by atoms with Crippen molar-refractivity contribution in [2.24, 2.45) is 5.92 Å².